The third-order valence-corrected chi connectivity index (χ3v) is 5.02. The molecule has 0 aliphatic heterocycles. The van der Waals surface area contributed by atoms with Crippen molar-refractivity contribution in [1.82, 2.24) is 5.32 Å². The lowest BCUT2D eigenvalue weighted by molar-refractivity contribution is 0.0921. The number of fused-ring (bicyclic) bond motifs is 1. The number of amides is 1. The van der Waals surface area contributed by atoms with Gasteiger partial charge in [-0.2, -0.15) is 0 Å². The smallest absolute Gasteiger partial charge is 0.344 e. The van der Waals surface area contributed by atoms with E-state index in [1.165, 1.54) is 11.1 Å². The Labute approximate surface area is 168 Å². The summed E-state index contributed by atoms with van der Waals surface area (Å²) >= 11 is 0. The van der Waals surface area contributed by atoms with Gasteiger partial charge in [0.1, 0.15) is 0 Å². The number of benzene rings is 3. The quantitative estimate of drug-likeness (QED) is 0.523. The highest BCUT2D eigenvalue weighted by Crippen LogP contribution is 2.27. The van der Waals surface area contributed by atoms with Crippen LogP contribution in [0.5, 0.6) is 0 Å². The lowest BCUT2D eigenvalue weighted by Crippen LogP contribution is -2.26. The van der Waals surface area contributed by atoms with E-state index in [-0.39, 0.29) is 17.6 Å². The Hall–Kier alpha value is -3.66. The summed E-state index contributed by atoms with van der Waals surface area (Å²) in [5.74, 6) is -0.182. The molecule has 0 bridgehead atoms. The first-order valence-corrected chi connectivity index (χ1v) is 9.63. The molecule has 29 heavy (non-hydrogen) atoms. The number of rotatable bonds is 6. The van der Waals surface area contributed by atoms with Gasteiger partial charge in [-0.3, -0.25) is 4.79 Å². The predicted octanol–water partition coefficient (Wildman–Crippen LogP) is 4.75. The van der Waals surface area contributed by atoms with Crippen LogP contribution in [0.2, 0.25) is 0 Å². The maximum absolute atomic E-state index is 12.6. The van der Waals surface area contributed by atoms with Gasteiger partial charge in [-0.15, -0.1) is 0 Å². The average molecular weight is 383 g/mol. The van der Waals surface area contributed by atoms with Crippen LogP contribution in [0.1, 0.15) is 34.0 Å². The van der Waals surface area contributed by atoms with Gasteiger partial charge < -0.3 is 9.73 Å². The second kappa shape index (κ2) is 8.57. The zero-order valence-corrected chi connectivity index (χ0v) is 15.9. The predicted molar refractivity (Wildman–Crippen MR) is 114 cm³/mol. The fourth-order valence-electron chi connectivity index (χ4n) is 3.56. The van der Waals surface area contributed by atoms with Crippen LogP contribution in [0.4, 0.5) is 0 Å². The van der Waals surface area contributed by atoms with Crippen molar-refractivity contribution in [1.29, 1.82) is 0 Å². The Morgan fingerprint density at radius 2 is 1.41 bits per heavy atom. The molecule has 0 saturated carbocycles. The van der Waals surface area contributed by atoms with E-state index in [1.54, 1.807) is 24.3 Å². The van der Waals surface area contributed by atoms with Gasteiger partial charge in [0.15, 0.2) is 5.76 Å². The van der Waals surface area contributed by atoms with Gasteiger partial charge in [0.2, 0.25) is 0 Å². The summed E-state index contributed by atoms with van der Waals surface area (Å²) in [6.45, 7) is 0.462. The van der Waals surface area contributed by atoms with Crippen LogP contribution in [0.3, 0.4) is 0 Å². The number of hydrogen-bond donors (Lipinski definition) is 1. The Morgan fingerprint density at radius 3 is 2.07 bits per heavy atom. The van der Waals surface area contributed by atoms with Gasteiger partial charge in [-0.05, 0) is 35.1 Å². The molecule has 144 valence electrons. The summed E-state index contributed by atoms with van der Waals surface area (Å²) in [5, 5.41) is 4.05. The Bertz CT molecular complexity index is 1130. The monoisotopic (exact) mass is 383 g/mol. The Morgan fingerprint density at radius 1 is 0.828 bits per heavy atom. The van der Waals surface area contributed by atoms with E-state index in [4.69, 9.17) is 4.42 Å². The molecule has 0 saturated heterocycles. The largest absolute Gasteiger partial charge is 0.417 e. The van der Waals surface area contributed by atoms with Crippen molar-refractivity contribution in [3.8, 4) is 0 Å². The van der Waals surface area contributed by atoms with E-state index in [0.29, 0.717) is 17.3 Å². The zero-order chi connectivity index (χ0) is 20.1. The van der Waals surface area contributed by atoms with Gasteiger partial charge in [0.25, 0.3) is 5.91 Å². The van der Waals surface area contributed by atoms with Crippen LogP contribution in [0.25, 0.3) is 10.8 Å². The molecule has 4 nitrogen and oxygen atoms in total. The highest BCUT2D eigenvalue weighted by Gasteiger charge is 2.16. The summed E-state index contributed by atoms with van der Waals surface area (Å²) < 4.78 is 5.21. The van der Waals surface area contributed by atoms with Crippen molar-refractivity contribution in [2.24, 2.45) is 0 Å². The molecule has 0 aliphatic rings. The van der Waals surface area contributed by atoms with E-state index < -0.39 is 5.63 Å². The summed E-state index contributed by atoms with van der Waals surface area (Å²) in [6.07, 6.45) is 0.734. The SMILES string of the molecule is O=C(NCCC(c1ccccc1)c1ccccc1)c1cc2ccccc2c(=O)o1. The third-order valence-electron chi connectivity index (χ3n) is 5.02. The molecule has 1 amide bonds. The van der Waals surface area contributed by atoms with Crippen LogP contribution in [-0.4, -0.2) is 12.5 Å². The van der Waals surface area contributed by atoms with Crippen LogP contribution in [0.15, 0.2) is 100 Å². The molecule has 4 rings (SSSR count). The van der Waals surface area contributed by atoms with Gasteiger partial charge in [-0.1, -0.05) is 78.9 Å². The molecule has 0 unspecified atom stereocenters. The van der Waals surface area contributed by atoms with E-state index in [2.05, 4.69) is 29.6 Å². The summed E-state index contributed by atoms with van der Waals surface area (Å²) in [5.41, 5.74) is 1.90. The second-order valence-electron chi connectivity index (χ2n) is 6.90. The van der Waals surface area contributed by atoms with Crippen LogP contribution in [-0.2, 0) is 0 Å². The molecular formula is C25H21NO3. The van der Waals surface area contributed by atoms with Crippen LogP contribution in [0, 0.1) is 0 Å². The normalized spacial score (nSPS) is 10.9. The minimum atomic E-state index is -0.500. The summed E-state index contributed by atoms with van der Waals surface area (Å²) in [4.78, 5) is 24.7. The highest BCUT2D eigenvalue weighted by molar-refractivity contribution is 5.95. The number of carbonyl (C=O) groups excluding carboxylic acids is 1. The average Bonchev–Trinajstić information content (AvgIpc) is 2.78. The molecule has 1 aromatic heterocycles. The Kier molecular flexibility index (Phi) is 5.52. The fraction of sp³-hybridized carbons (Fsp3) is 0.120. The highest BCUT2D eigenvalue weighted by atomic mass is 16.4. The van der Waals surface area contributed by atoms with Crippen molar-refractivity contribution >= 4 is 16.7 Å². The minimum absolute atomic E-state index is 0.0321. The molecule has 1 heterocycles. The molecule has 1 N–H and O–H groups in total. The van der Waals surface area contributed by atoms with E-state index in [1.807, 2.05) is 42.5 Å². The first-order chi connectivity index (χ1) is 14.2. The first-order valence-electron chi connectivity index (χ1n) is 9.63. The molecule has 0 spiro atoms. The molecule has 0 radical (unpaired) electrons. The maximum Gasteiger partial charge on any atom is 0.344 e. The molecule has 0 fully saturated rings. The van der Waals surface area contributed by atoms with Crippen molar-refractivity contribution in [3.63, 3.8) is 0 Å². The topological polar surface area (TPSA) is 59.3 Å². The van der Waals surface area contributed by atoms with Crippen molar-refractivity contribution in [2.45, 2.75) is 12.3 Å². The molecule has 3 aromatic carbocycles. The minimum Gasteiger partial charge on any atom is -0.417 e. The number of carbonyl (C=O) groups is 1. The molecule has 4 aromatic rings. The van der Waals surface area contributed by atoms with Crippen LogP contribution < -0.4 is 10.9 Å². The van der Waals surface area contributed by atoms with Gasteiger partial charge in [0.05, 0.1) is 5.39 Å². The molecule has 4 heteroatoms. The third kappa shape index (κ3) is 4.27. The number of nitrogens with one attached hydrogen (secondary N) is 1. The van der Waals surface area contributed by atoms with Gasteiger partial charge in [0, 0.05) is 12.5 Å². The summed E-state index contributed by atoms with van der Waals surface area (Å²) in [7, 11) is 0. The first kappa shape index (κ1) is 18.7. The standard InChI is InChI=1S/C25H21NO3/c27-24(23-17-20-13-7-8-14-22(20)25(28)29-23)26-16-15-21(18-9-3-1-4-10-18)19-11-5-2-6-12-19/h1-14,17,21H,15-16H2,(H,26,27). The van der Waals surface area contributed by atoms with Crippen LogP contribution >= 0.6 is 0 Å². The lowest BCUT2D eigenvalue weighted by atomic mass is 9.88. The second-order valence-corrected chi connectivity index (χ2v) is 6.90. The van der Waals surface area contributed by atoms with E-state index in [0.717, 1.165) is 6.42 Å². The maximum atomic E-state index is 12.6. The van der Waals surface area contributed by atoms with E-state index >= 15 is 0 Å². The molecule has 0 atom stereocenters. The fourth-order valence-corrected chi connectivity index (χ4v) is 3.56. The van der Waals surface area contributed by atoms with Crippen molar-refractivity contribution < 1.29 is 9.21 Å². The van der Waals surface area contributed by atoms with Crippen molar-refractivity contribution in [3.05, 3.63) is 118 Å². The van der Waals surface area contributed by atoms with Gasteiger partial charge >= 0.3 is 5.63 Å². The number of hydrogen-bond acceptors (Lipinski definition) is 3. The lowest BCUT2D eigenvalue weighted by Gasteiger charge is -2.18. The Balaban J connectivity index is 1.49. The zero-order valence-electron chi connectivity index (χ0n) is 15.9. The molecular weight excluding hydrogens is 362 g/mol. The summed E-state index contributed by atoms with van der Waals surface area (Å²) in [6, 6.07) is 29.2. The van der Waals surface area contributed by atoms with Gasteiger partial charge in [-0.25, -0.2) is 4.79 Å². The van der Waals surface area contributed by atoms with Crippen molar-refractivity contribution in [2.75, 3.05) is 6.54 Å². The van der Waals surface area contributed by atoms with E-state index in [9.17, 15) is 9.59 Å². The molecule has 0 aliphatic carbocycles.